The van der Waals surface area contributed by atoms with E-state index in [4.69, 9.17) is 27.9 Å². The van der Waals surface area contributed by atoms with E-state index in [9.17, 15) is 14.7 Å². The molecule has 0 aromatic heterocycles. The maximum Gasteiger partial charge on any atom is 0.311 e. The number of halogens is 2. The Morgan fingerprint density at radius 3 is 2.38 bits per heavy atom. The minimum atomic E-state index is -0.951. The van der Waals surface area contributed by atoms with Crippen molar-refractivity contribution in [3.05, 3.63) is 63.6 Å². The fourth-order valence-electron chi connectivity index (χ4n) is 2.33. The average molecular weight is 396 g/mol. The van der Waals surface area contributed by atoms with Crippen LogP contribution in [0.25, 0.3) is 0 Å². The number of phenolic OH excluding ortho intramolecular Hbond substituents is 1. The Kier molecular flexibility index (Phi) is 6.89. The Balaban J connectivity index is 1.90. The molecule has 0 bridgehead atoms. The van der Waals surface area contributed by atoms with Crippen LogP contribution in [0.5, 0.6) is 5.75 Å². The molecule has 2 aromatic rings. The Morgan fingerprint density at radius 1 is 1.12 bits per heavy atom. The van der Waals surface area contributed by atoms with Gasteiger partial charge in [-0.1, -0.05) is 41.4 Å². The maximum atomic E-state index is 12.2. The Morgan fingerprint density at radius 2 is 1.77 bits per heavy atom. The van der Waals surface area contributed by atoms with Crippen molar-refractivity contribution >= 4 is 35.1 Å². The third-order valence-corrected chi connectivity index (χ3v) is 4.31. The van der Waals surface area contributed by atoms with E-state index in [1.165, 1.54) is 19.1 Å². The number of ether oxygens (including phenoxy) is 1. The van der Waals surface area contributed by atoms with Gasteiger partial charge in [-0.2, -0.15) is 0 Å². The number of phenols is 1. The number of carbonyl (C=O) groups excluding carboxylic acids is 2. The third kappa shape index (κ3) is 5.64. The molecule has 2 aromatic carbocycles. The molecule has 0 aliphatic rings. The number of carbonyl (C=O) groups is 2. The normalized spacial score (nSPS) is 12.9. The lowest BCUT2D eigenvalue weighted by Gasteiger charge is -2.19. The van der Waals surface area contributed by atoms with Gasteiger partial charge in [-0.25, -0.2) is 0 Å². The van der Waals surface area contributed by atoms with Gasteiger partial charge >= 0.3 is 5.97 Å². The highest BCUT2D eigenvalue weighted by molar-refractivity contribution is 6.35. The van der Waals surface area contributed by atoms with Gasteiger partial charge < -0.3 is 15.2 Å². The molecule has 2 rings (SSSR count). The van der Waals surface area contributed by atoms with E-state index in [0.717, 1.165) is 0 Å². The number of aromatic hydroxyl groups is 1. The van der Waals surface area contributed by atoms with Gasteiger partial charge in [0.05, 0.1) is 12.5 Å². The molecular weight excluding hydrogens is 377 g/mol. The molecule has 2 N–H and O–H groups in total. The van der Waals surface area contributed by atoms with Gasteiger partial charge in [-0.05, 0) is 49.2 Å². The van der Waals surface area contributed by atoms with Crippen LogP contribution in [0.15, 0.2) is 42.5 Å². The second-order valence-electron chi connectivity index (χ2n) is 5.87. The van der Waals surface area contributed by atoms with E-state index in [0.29, 0.717) is 21.2 Å². The highest BCUT2D eigenvalue weighted by Gasteiger charge is 2.21. The summed E-state index contributed by atoms with van der Waals surface area (Å²) in [6.45, 7) is 3.28. The molecule has 5 nitrogen and oxygen atoms in total. The highest BCUT2D eigenvalue weighted by atomic mass is 35.5. The zero-order chi connectivity index (χ0) is 19.3. The standard InChI is InChI=1S/C19H19Cl2NO4/c1-11(16-8-5-14(20)10-17(16)21)22-19(25)12(2)26-18(24)9-13-3-6-15(23)7-4-13/h3-8,10-12,23H,9H2,1-2H3,(H,22,25)/t11-,12+/m0/s1. The van der Waals surface area contributed by atoms with Gasteiger partial charge in [0.1, 0.15) is 5.75 Å². The molecule has 0 aliphatic heterocycles. The molecule has 0 unspecified atom stereocenters. The molecule has 0 heterocycles. The second kappa shape index (κ2) is 8.92. The van der Waals surface area contributed by atoms with Gasteiger partial charge in [-0.15, -0.1) is 0 Å². The number of hydrogen-bond acceptors (Lipinski definition) is 4. The highest BCUT2D eigenvalue weighted by Crippen LogP contribution is 2.26. The van der Waals surface area contributed by atoms with Gasteiger partial charge in [0, 0.05) is 10.0 Å². The average Bonchev–Trinajstić information content (AvgIpc) is 2.56. The molecule has 26 heavy (non-hydrogen) atoms. The first kappa shape index (κ1) is 20.1. The first-order chi connectivity index (χ1) is 12.3. The van der Waals surface area contributed by atoms with E-state index in [1.807, 2.05) is 0 Å². The number of benzene rings is 2. The van der Waals surface area contributed by atoms with E-state index >= 15 is 0 Å². The summed E-state index contributed by atoms with van der Waals surface area (Å²) in [4.78, 5) is 24.2. The SMILES string of the molecule is C[C@H](NC(=O)[C@@H](C)OC(=O)Cc1ccc(O)cc1)c1ccc(Cl)cc1Cl. The lowest BCUT2D eigenvalue weighted by atomic mass is 10.1. The van der Waals surface area contributed by atoms with Crippen molar-refractivity contribution in [3.63, 3.8) is 0 Å². The summed E-state index contributed by atoms with van der Waals surface area (Å²) in [5, 5.41) is 12.9. The fraction of sp³-hybridized carbons (Fsp3) is 0.263. The molecule has 0 saturated carbocycles. The Labute approximate surface area is 161 Å². The number of rotatable bonds is 6. The van der Waals surface area contributed by atoms with Crippen LogP contribution in [0, 0.1) is 0 Å². The summed E-state index contributed by atoms with van der Waals surface area (Å²) < 4.78 is 5.16. The molecule has 1 amide bonds. The summed E-state index contributed by atoms with van der Waals surface area (Å²) in [6, 6.07) is 10.8. The molecule has 0 spiro atoms. The smallest absolute Gasteiger partial charge is 0.311 e. The molecule has 0 aliphatic carbocycles. The van der Waals surface area contributed by atoms with Crippen molar-refractivity contribution in [1.82, 2.24) is 5.32 Å². The minimum Gasteiger partial charge on any atom is -0.508 e. The third-order valence-electron chi connectivity index (χ3n) is 3.75. The molecule has 0 saturated heterocycles. The van der Waals surface area contributed by atoms with Crippen molar-refractivity contribution in [2.45, 2.75) is 32.4 Å². The van der Waals surface area contributed by atoms with Crippen molar-refractivity contribution in [2.75, 3.05) is 0 Å². The van der Waals surface area contributed by atoms with E-state index < -0.39 is 18.0 Å². The van der Waals surface area contributed by atoms with Crippen LogP contribution in [-0.2, 0) is 20.7 Å². The number of amides is 1. The predicted octanol–water partition coefficient (Wildman–Crippen LogP) is 4.05. The molecular formula is C19H19Cl2NO4. The van der Waals surface area contributed by atoms with Gasteiger partial charge in [0.25, 0.3) is 5.91 Å². The van der Waals surface area contributed by atoms with Crippen LogP contribution in [0.3, 0.4) is 0 Å². The van der Waals surface area contributed by atoms with Crippen molar-refractivity contribution < 1.29 is 19.4 Å². The van der Waals surface area contributed by atoms with Gasteiger partial charge in [0.2, 0.25) is 0 Å². The van der Waals surface area contributed by atoms with E-state index in [-0.39, 0.29) is 18.2 Å². The lowest BCUT2D eigenvalue weighted by Crippen LogP contribution is -2.37. The number of hydrogen-bond donors (Lipinski definition) is 2. The minimum absolute atomic E-state index is 0.0104. The topological polar surface area (TPSA) is 75.6 Å². The molecule has 138 valence electrons. The van der Waals surface area contributed by atoms with Gasteiger partial charge in [0.15, 0.2) is 6.10 Å². The predicted molar refractivity (Wildman–Crippen MR) is 100 cm³/mol. The number of nitrogens with one attached hydrogen (secondary N) is 1. The Hall–Kier alpha value is -2.24. The molecule has 0 radical (unpaired) electrons. The summed E-state index contributed by atoms with van der Waals surface area (Å²) >= 11 is 12.0. The van der Waals surface area contributed by atoms with Crippen LogP contribution >= 0.6 is 23.2 Å². The summed E-state index contributed by atoms with van der Waals surface area (Å²) in [6.07, 6.45) is -0.940. The summed E-state index contributed by atoms with van der Waals surface area (Å²) in [5.41, 5.74) is 1.40. The van der Waals surface area contributed by atoms with Crippen molar-refractivity contribution in [1.29, 1.82) is 0 Å². The molecule has 0 fully saturated rings. The van der Waals surface area contributed by atoms with Crippen LogP contribution < -0.4 is 5.32 Å². The second-order valence-corrected chi connectivity index (χ2v) is 6.72. The lowest BCUT2D eigenvalue weighted by molar-refractivity contribution is -0.154. The largest absolute Gasteiger partial charge is 0.508 e. The van der Waals surface area contributed by atoms with E-state index in [1.54, 1.807) is 37.3 Å². The van der Waals surface area contributed by atoms with Crippen LogP contribution in [-0.4, -0.2) is 23.1 Å². The maximum absolute atomic E-state index is 12.2. The summed E-state index contributed by atoms with van der Waals surface area (Å²) in [7, 11) is 0. The Bertz CT molecular complexity index is 793. The molecule has 2 atom stereocenters. The van der Waals surface area contributed by atoms with E-state index in [2.05, 4.69) is 5.32 Å². The summed E-state index contributed by atoms with van der Waals surface area (Å²) in [5.74, 6) is -0.845. The zero-order valence-corrected chi connectivity index (χ0v) is 15.8. The van der Waals surface area contributed by atoms with Crippen molar-refractivity contribution in [2.24, 2.45) is 0 Å². The van der Waals surface area contributed by atoms with Crippen molar-refractivity contribution in [3.8, 4) is 5.75 Å². The molecule has 7 heteroatoms. The zero-order valence-electron chi connectivity index (χ0n) is 14.3. The van der Waals surface area contributed by atoms with Crippen LogP contribution in [0.4, 0.5) is 0 Å². The monoisotopic (exact) mass is 395 g/mol. The first-order valence-corrected chi connectivity index (χ1v) is 8.74. The van der Waals surface area contributed by atoms with Crippen LogP contribution in [0.2, 0.25) is 10.0 Å². The first-order valence-electron chi connectivity index (χ1n) is 7.99. The fourth-order valence-corrected chi connectivity index (χ4v) is 2.91. The quantitative estimate of drug-likeness (QED) is 0.723. The number of esters is 1. The van der Waals surface area contributed by atoms with Crippen LogP contribution in [0.1, 0.15) is 31.0 Å². The van der Waals surface area contributed by atoms with Gasteiger partial charge in [-0.3, -0.25) is 9.59 Å².